The molecule has 1 aromatic rings. The summed E-state index contributed by atoms with van der Waals surface area (Å²) in [6.45, 7) is 3.04. The van der Waals surface area contributed by atoms with Crippen molar-refractivity contribution in [2.75, 3.05) is 26.7 Å². The third kappa shape index (κ3) is 5.04. The lowest BCUT2D eigenvalue weighted by Crippen LogP contribution is -2.48. The van der Waals surface area contributed by atoms with Crippen LogP contribution >= 0.6 is 0 Å². The van der Waals surface area contributed by atoms with Crippen LogP contribution in [0.5, 0.6) is 11.5 Å². The minimum atomic E-state index is -0.845. The van der Waals surface area contributed by atoms with E-state index in [2.05, 4.69) is 5.32 Å². The SMILES string of the molecule is COc1cccc(OC(C)CNC(=O)N2CCCC(C(=O)O)C2)c1. The van der Waals surface area contributed by atoms with Crippen molar-refractivity contribution < 1.29 is 24.2 Å². The van der Waals surface area contributed by atoms with E-state index in [4.69, 9.17) is 14.6 Å². The summed E-state index contributed by atoms with van der Waals surface area (Å²) >= 11 is 0. The van der Waals surface area contributed by atoms with Crippen molar-refractivity contribution in [3.63, 3.8) is 0 Å². The van der Waals surface area contributed by atoms with Crippen LogP contribution < -0.4 is 14.8 Å². The molecule has 1 aromatic carbocycles. The maximum Gasteiger partial charge on any atom is 0.317 e. The monoisotopic (exact) mass is 336 g/mol. The standard InChI is InChI=1S/C17H24N2O5/c1-12(24-15-7-3-6-14(9-15)23-2)10-18-17(22)19-8-4-5-13(11-19)16(20)21/h3,6-7,9,12-13H,4-5,8,10-11H2,1-2H3,(H,18,22)(H,20,21). The number of urea groups is 1. The molecule has 0 saturated carbocycles. The molecule has 0 spiro atoms. The fraction of sp³-hybridized carbons (Fsp3) is 0.529. The van der Waals surface area contributed by atoms with Gasteiger partial charge in [-0.05, 0) is 31.9 Å². The van der Waals surface area contributed by atoms with Gasteiger partial charge in [-0.3, -0.25) is 4.79 Å². The number of likely N-dealkylation sites (tertiary alicyclic amines) is 1. The highest BCUT2D eigenvalue weighted by molar-refractivity contribution is 5.76. The first-order chi connectivity index (χ1) is 11.5. The normalized spacial score (nSPS) is 18.6. The molecule has 0 bridgehead atoms. The molecule has 0 radical (unpaired) electrons. The molecular formula is C17H24N2O5. The van der Waals surface area contributed by atoms with Gasteiger partial charge in [-0.1, -0.05) is 6.07 Å². The first kappa shape index (κ1) is 17.9. The third-order valence-electron chi connectivity index (χ3n) is 3.98. The zero-order valence-corrected chi connectivity index (χ0v) is 14.0. The third-order valence-corrected chi connectivity index (χ3v) is 3.98. The van der Waals surface area contributed by atoms with Crippen molar-refractivity contribution in [3.05, 3.63) is 24.3 Å². The Morgan fingerprint density at radius 3 is 2.88 bits per heavy atom. The molecule has 1 aliphatic rings. The summed E-state index contributed by atoms with van der Waals surface area (Å²) in [6, 6.07) is 7.01. The van der Waals surface area contributed by atoms with Gasteiger partial charge < -0.3 is 24.8 Å². The number of amides is 2. The number of methoxy groups -OCH3 is 1. The molecule has 0 aliphatic carbocycles. The van der Waals surface area contributed by atoms with E-state index in [1.165, 1.54) is 0 Å². The van der Waals surface area contributed by atoms with Crippen LogP contribution in [0.25, 0.3) is 0 Å². The van der Waals surface area contributed by atoms with E-state index in [0.717, 1.165) is 0 Å². The number of hydrogen-bond donors (Lipinski definition) is 2. The zero-order chi connectivity index (χ0) is 17.5. The maximum absolute atomic E-state index is 12.2. The van der Waals surface area contributed by atoms with Crippen molar-refractivity contribution in [2.45, 2.75) is 25.9 Å². The lowest BCUT2D eigenvalue weighted by atomic mass is 9.99. The molecule has 132 valence electrons. The second-order valence-electron chi connectivity index (χ2n) is 5.92. The molecular weight excluding hydrogens is 312 g/mol. The smallest absolute Gasteiger partial charge is 0.317 e. The average Bonchev–Trinajstić information content (AvgIpc) is 2.60. The molecule has 1 fully saturated rings. The second-order valence-corrected chi connectivity index (χ2v) is 5.92. The van der Waals surface area contributed by atoms with Crippen LogP contribution in [-0.2, 0) is 4.79 Å². The molecule has 24 heavy (non-hydrogen) atoms. The average molecular weight is 336 g/mol. The number of carbonyl (C=O) groups excluding carboxylic acids is 1. The van der Waals surface area contributed by atoms with Crippen LogP contribution in [0.4, 0.5) is 4.79 Å². The van der Waals surface area contributed by atoms with Crippen molar-refractivity contribution in [1.29, 1.82) is 0 Å². The van der Waals surface area contributed by atoms with Crippen LogP contribution in [0.3, 0.4) is 0 Å². The molecule has 1 aliphatic heterocycles. The first-order valence-electron chi connectivity index (χ1n) is 8.06. The molecule has 2 unspecified atom stereocenters. The Balaban J connectivity index is 1.79. The van der Waals surface area contributed by atoms with Crippen molar-refractivity contribution in [3.8, 4) is 11.5 Å². The van der Waals surface area contributed by atoms with Gasteiger partial charge in [0, 0.05) is 19.2 Å². The fourth-order valence-electron chi connectivity index (χ4n) is 2.65. The largest absolute Gasteiger partial charge is 0.497 e. The summed E-state index contributed by atoms with van der Waals surface area (Å²) in [4.78, 5) is 24.8. The predicted molar refractivity (Wildman–Crippen MR) is 88.4 cm³/mol. The number of benzene rings is 1. The number of carboxylic acid groups (broad SMARTS) is 1. The van der Waals surface area contributed by atoms with Gasteiger partial charge in [-0.15, -0.1) is 0 Å². The lowest BCUT2D eigenvalue weighted by Gasteiger charge is -2.31. The summed E-state index contributed by atoms with van der Waals surface area (Å²) in [6.07, 6.45) is 1.11. The van der Waals surface area contributed by atoms with Crippen molar-refractivity contribution in [1.82, 2.24) is 10.2 Å². The first-order valence-corrected chi connectivity index (χ1v) is 8.06. The topological polar surface area (TPSA) is 88.1 Å². The summed E-state index contributed by atoms with van der Waals surface area (Å²) in [5.41, 5.74) is 0. The zero-order valence-electron chi connectivity index (χ0n) is 14.0. The second kappa shape index (κ2) is 8.42. The number of nitrogens with one attached hydrogen (secondary N) is 1. The van der Waals surface area contributed by atoms with Gasteiger partial charge in [-0.25, -0.2) is 4.79 Å². The Hall–Kier alpha value is -2.44. The Labute approximate surface area is 141 Å². The van der Waals surface area contributed by atoms with Crippen LogP contribution in [0.2, 0.25) is 0 Å². The molecule has 2 N–H and O–H groups in total. The van der Waals surface area contributed by atoms with Gasteiger partial charge in [0.1, 0.15) is 17.6 Å². The van der Waals surface area contributed by atoms with Crippen molar-refractivity contribution in [2.24, 2.45) is 5.92 Å². The lowest BCUT2D eigenvalue weighted by molar-refractivity contribution is -0.143. The van der Waals surface area contributed by atoms with Gasteiger partial charge in [-0.2, -0.15) is 0 Å². The van der Waals surface area contributed by atoms with Gasteiger partial charge in [0.25, 0.3) is 0 Å². The summed E-state index contributed by atoms with van der Waals surface area (Å²) in [5, 5.41) is 11.9. The van der Waals surface area contributed by atoms with E-state index < -0.39 is 11.9 Å². The highest BCUT2D eigenvalue weighted by Gasteiger charge is 2.28. The minimum Gasteiger partial charge on any atom is -0.497 e. The molecule has 7 nitrogen and oxygen atoms in total. The highest BCUT2D eigenvalue weighted by Crippen LogP contribution is 2.20. The molecule has 2 atom stereocenters. The molecule has 1 saturated heterocycles. The number of hydrogen-bond acceptors (Lipinski definition) is 4. The van der Waals surface area contributed by atoms with Gasteiger partial charge >= 0.3 is 12.0 Å². The van der Waals surface area contributed by atoms with E-state index in [0.29, 0.717) is 37.4 Å². The van der Waals surface area contributed by atoms with Crippen LogP contribution in [-0.4, -0.2) is 54.9 Å². The fourth-order valence-corrected chi connectivity index (χ4v) is 2.65. The van der Waals surface area contributed by atoms with Gasteiger partial charge in [0.2, 0.25) is 0 Å². The molecule has 0 aromatic heterocycles. The van der Waals surface area contributed by atoms with E-state index >= 15 is 0 Å². The number of carbonyl (C=O) groups is 2. The van der Waals surface area contributed by atoms with E-state index in [1.807, 2.05) is 25.1 Å². The van der Waals surface area contributed by atoms with E-state index in [1.54, 1.807) is 18.1 Å². The summed E-state index contributed by atoms with van der Waals surface area (Å²) in [5.74, 6) is 0.0500. The summed E-state index contributed by atoms with van der Waals surface area (Å²) < 4.78 is 10.9. The number of aliphatic carboxylic acids is 1. The van der Waals surface area contributed by atoms with Gasteiger partial charge in [0.15, 0.2) is 0 Å². The molecule has 7 heteroatoms. The van der Waals surface area contributed by atoms with Crippen LogP contribution in [0, 0.1) is 5.92 Å². The van der Waals surface area contributed by atoms with Gasteiger partial charge in [0.05, 0.1) is 19.6 Å². The molecule has 2 rings (SSSR count). The number of ether oxygens (including phenoxy) is 2. The molecule has 1 heterocycles. The quantitative estimate of drug-likeness (QED) is 0.829. The number of rotatable bonds is 6. The molecule has 2 amide bonds. The van der Waals surface area contributed by atoms with Crippen LogP contribution in [0.1, 0.15) is 19.8 Å². The van der Waals surface area contributed by atoms with E-state index in [9.17, 15) is 9.59 Å². The minimum absolute atomic E-state index is 0.221. The number of piperidine rings is 1. The highest BCUT2D eigenvalue weighted by atomic mass is 16.5. The Kier molecular flexibility index (Phi) is 6.28. The Bertz CT molecular complexity index is 578. The Morgan fingerprint density at radius 1 is 1.42 bits per heavy atom. The predicted octanol–water partition coefficient (Wildman–Crippen LogP) is 1.97. The maximum atomic E-state index is 12.2. The van der Waals surface area contributed by atoms with Crippen LogP contribution in [0.15, 0.2) is 24.3 Å². The number of nitrogens with zero attached hydrogens (tertiary/aromatic N) is 1. The Morgan fingerprint density at radius 2 is 2.17 bits per heavy atom. The van der Waals surface area contributed by atoms with E-state index in [-0.39, 0.29) is 18.7 Å². The number of carboxylic acids is 1. The van der Waals surface area contributed by atoms with Crippen molar-refractivity contribution >= 4 is 12.0 Å². The summed E-state index contributed by atoms with van der Waals surface area (Å²) in [7, 11) is 1.59.